The number of rotatable bonds is 6. The fraction of sp³-hybridized carbons (Fsp3) is 0.278. The highest BCUT2D eigenvalue weighted by Crippen LogP contribution is 2.35. The summed E-state index contributed by atoms with van der Waals surface area (Å²) in [5.74, 6) is -0.560. The topological polar surface area (TPSA) is 82.4 Å². The second kappa shape index (κ2) is 8.26. The molecule has 0 spiro atoms. The summed E-state index contributed by atoms with van der Waals surface area (Å²) in [6.07, 6.45) is 0.451. The van der Waals surface area contributed by atoms with Crippen LogP contribution in [0.2, 0.25) is 4.34 Å². The number of hydrogen-bond acceptors (Lipinski definition) is 6. The number of halogens is 2. The van der Waals surface area contributed by atoms with E-state index >= 15 is 0 Å². The maximum atomic E-state index is 13.4. The van der Waals surface area contributed by atoms with Crippen molar-refractivity contribution in [1.29, 1.82) is 0 Å². The van der Waals surface area contributed by atoms with Gasteiger partial charge in [-0.1, -0.05) is 23.7 Å². The molecule has 0 saturated heterocycles. The molecule has 1 unspecified atom stereocenters. The Kier molecular flexibility index (Phi) is 6.01. The molecule has 1 atom stereocenters. The molecule has 1 amide bonds. The smallest absolute Gasteiger partial charge is 0.261 e. The summed E-state index contributed by atoms with van der Waals surface area (Å²) in [7, 11) is 1.86. The lowest BCUT2D eigenvalue weighted by molar-refractivity contribution is 0.0942. The molecule has 2 heterocycles. The summed E-state index contributed by atoms with van der Waals surface area (Å²) in [6, 6.07) is 7.74. The average molecular weight is 410 g/mol. The summed E-state index contributed by atoms with van der Waals surface area (Å²) < 4.78 is 13.9. The third-order valence-corrected chi connectivity index (χ3v) is 5.62. The summed E-state index contributed by atoms with van der Waals surface area (Å²) in [5, 5.41) is 4.71. The minimum Gasteiger partial charge on any atom is -0.347 e. The summed E-state index contributed by atoms with van der Waals surface area (Å²) in [4.78, 5) is 13.2. The Morgan fingerprint density at radius 2 is 2.22 bits per heavy atom. The van der Waals surface area contributed by atoms with E-state index in [2.05, 4.69) is 16.3 Å². The van der Waals surface area contributed by atoms with E-state index in [1.165, 1.54) is 23.5 Å². The van der Waals surface area contributed by atoms with E-state index in [9.17, 15) is 9.18 Å². The van der Waals surface area contributed by atoms with E-state index in [1.807, 2.05) is 20.0 Å². The number of allylic oxidation sites excluding steroid dienone is 1. The number of nitrogens with one attached hydrogen (secondary N) is 3. The van der Waals surface area contributed by atoms with Gasteiger partial charge in [-0.05, 0) is 37.1 Å². The highest BCUT2D eigenvalue weighted by atomic mass is 35.5. The third kappa shape index (κ3) is 4.41. The van der Waals surface area contributed by atoms with Crippen LogP contribution >= 0.6 is 22.9 Å². The maximum absolute atomic E-state index is 13.4. The largest absolute Gasteiger partial charge is 0.347 e. The van der Waals surface area contributed by atoms with E-state index in [-0.39, 0.29) is 24.3 Å². The van der Waals surface area contributed by atoms with Crippen LogP contribution in [0.5, 0.6) is 0 Å². The van der Waals surface area contributed by atoms with Crippen LogP contribution < -0.4 is 22.0 Å². The second-order valence-corrected chi connectivity index (χ2v) is 7.96. The molecule has 144 valence electrons. The number of hydrazine groups is 2. The van der Waals surface area contributed by atoms with Crippen LogP contribution in [0.25, 0.3) is 5.70 Å². The predicted molar refractivity (Wildman–Crippen MR) is 106 cm³/mol. The summed E-state index contributed by atoms with van der Waals surface area (Å²) in [5.41, 5.74) is 15.1. The average Bonchev–Trinajstić information content (AvgIpc) is 3.16. The Bertz CT molecular complexity index is 884. The van der Waals surface area contributed by atoms with Gasteiger partial charge in [0.1, 0.15) is 10.2 Å². The molecule has 0 radical (unpaired) electrons. The van der Waals surface area contributed by atoms with Crippen molar-refractivity contribution in [3.63, 3.8) is 0 Å². The Labute approximate surface area is 166 Å². The van der Waals surface area contributed by atoms with Crippen LogP contribution in [0.3, 0.4) is 0 Å². The zero-order valence-corrected chi connectivity index (χ0v) is 16.5. The van der Waals surface area contributed by atoms with Gasteiger partial charge in [0.25, 0.3) is 5.91 Å². The Hall–Kier alpha value is -2.13. The number of hydrogen-bond donors (Lipinski definition) is 4. The first-order chi connectivity index (χ1) is 12.9. The molecule has 0 saturated carbocycles. The first-order valence-electron chi connectivity index (χ1n) is 8.40. The fourth-order valence-corrected chi connectivity index (χ4v) is 4.14. The molecule has 0 bridgehead atoms. The molecule has 27 heavy (non-hydrogen) atoms. The van der Waals surface area contributed by atoms with E-state index in [0.717, 1.165) is 22.5 Å². The molecule has 9 heteroatoms. The Balaban J connectivity index is 1.74. The van der Waals surface area contributed by atoms with E-state index in [0.29, 0.717) is 15.6 Å². The third-order valence-electron chi connectivity index (χ3n) is 4.26. The number of nitrogens with zero attached hydrogens (tertiary/aromatic N) is 1. The number of thiophene rings is 1. The van der Waals surface area contributed by atoms with Gasteiger partial charge in [-0.2, -0.15) is 0 Å². The number of benzene rings is 1. The summed E-state index contributed by atoms with van der Waals surface area (Å²) in [6.45, 7) is 2.16. The Morgan fingerprint density at radius 3 is 2.85 bits per heavy atom. The normalized spacial score (nSPS) is 15.1. The molecular weight excluding hydrogens is 389 g/mol. The van der Waals surface area contributed by atoms with Crippen LogP contribution in [0, 0.1) is 5.82 Å². The lowest BCUT2D eigenvalue weighted by atomic mass is 10.1. The second-order valence-electron chi connectivity index (χ2n) is 6.31. The number of carbonyl (C=O) groups excluding carboxylic acids is 1. The SMILES string of the molecule is CC1=C(c2cc(C(=O)NC(CN)Cc3cccc(F)c3)sc2Cl)N(C)NN1. The van der Waals surface area contributed by atoms with Crippen molar-refractivity contribution < 1.29 is 9.18 Å². The van der Waals surface area contributed by atoms with Crippen LogP contribution in [0.15, 0.2) is 36.0 Å². The van der Waals surface area contributed by atoms with Gasteiger partial charge < -0.3 is 16.5 Å². The fourth-order valence-electron chi connectivity index (χ4n) is 2.96. The Morgan fingerprint density at radius 1 is 1.44 bits per heavy atom. The summed E-state index contributed by atoms with van der Waals surface area (Å²) >= 11 is 7.58. The standard InChI is InChI=1S/C18H21ClFN5OS/c1-10-16(25(2)24-23-10)14-8-15(27-17(14)19)18(26)22-13(9-21)7-11-4-3-5-12(20)6-11/h3-6,8,13,23-24H,7,9,21H2,1-2H3,(H,22,26). The van der Waals surface area contributed by atoms with Crippen molar-refractivity contribution in [3.05, 3.63) is 62.2 Å². The van der Waals surface area contributed by atoms with Gasteiger partial charge in [0.2, 0.25) is 0 Å². The van der Waals surface area contributed by atoms with Gasteiger partial charge in [0.05, 0.1) is 16.3 Å². The van der Waals surface area contributed by atoms with Crippen molar-refractivity contribution in [2.45, 2.75) is 19.4 Å². The monoisotopic (exact) mass is 409 g/mol. The minimum atomic E-state index is -0.309. The quantitative estimate of drug-likeness (QED) is 0.589. The highest BCUT2D eigenvalue weighted by Gasteiger charge is 2.24. The zero-order valence-electron chi connectivity index (χ0n) is 15.0. The molecule has 0 aliphatic carbocycles. The van der Waals surface area contributed by atoms with Crippen molar-refractivity contribution >= 4 is 34.5 Å². The van der Waals surface area contributed by atoms with Crippen molar-refractivity contribution in [3.8, 4) is 0 Å². The maximum Gasteiger partial charge on any atom is 0.261 e. The highest BCUT2D eigenvalue weighted by molar-refractivity contribution is 7.18. The molecule has 1 aromatic heterocycles. The lowest BCUT2D eigenvalue weighted by Gasteiger charge is -2.16. The first kappa shape index (κ1) is 19.6. The van der Waals surface area contributed by atoms with Crippen LogP contribution in [0.1, 0.15) is 27.7 Å². The molecule has 1 aromatic carbocycles. The molecule has 0 fully saturated rings. The van der Waals surface area contributed by atoms with Gasteiger partial charge >= 0.3 is 0 Å². The minimum absolute atomic E-state index is 0.245. The molecule has 1 aliphatic heterocycles. The lowest BCUT2D eigenvalue weighted by Crippen LogP contribution is -2.41. The van der Waals surface area contributed by atoms with Gasteiger partial charge in [0, 0.05) is 25.2 Å². The first-order valence-corrected chi connectivity index (χ1v) is 9.59. The number of amides is 1. The van der Waals surface area contributed by atoms with Crippen LogP contribution in [0.4, 0.5) is 4.39 Å². The van der Waals surface area contributed by atoms with Gasteiger partial charge in [-0.15, -0.1) is 16.9 Å². The van der Waals surface area contributed by atoms with Crippen molar-refractivity contribution in [2.75, 3.05) is 13.6 Å². The molecule has 2 aromatic rings. The van der Waals surface area contributed by atoms with Gasteiger partial charge in [-0.25, -0.2) is 4.39 Å². The predicted octanol–water partition coefficient (Wildman–Crippen LogP) is 2.48. The van der Waals surface area contributed by atoms with Crippen LogP contribution in [-0.2, 0) is 6.42 Å². The van der Waals surface area contributed by atoms with E-state index in [1.54, 1.807) is 17.1 Å². The molecule has 3 rings (SSSR count). The number of carbonyl (C=O) groups is 1. The molecule has 6 nitrogen and oxygen atoms in total. The molecule has 1 aliphatic rings. The zero-order chi connectivity index (χ0) is 19.6. The molecule has 5 N–H and O–H groups in total. The van der Waals surface area contributed by atoms with Gasteiger partial charge in [-0.3, -0.25) is 9.80 Å². The van der Waals surface area contributed by atoms with Crippen LogP contribution in [-0.4, -0.2) is 30.6 Å². The van der Waals surface area contributed by atoms with E-state index < -0.39 is 0 Å². The van der Waals surface area contributed by atoms with E-state index in [4.69, 9.17) is 17.3 Å². The van der Waals surface area contributed by atoms with Crippen molar-refractivity contribution in [1.82, 2.24) is 21.3 Å². The van der Waals surface area contributed by atoms with Gasteiger partial charge in [0.15, 0.2) is 0 Å². The number of nitrogens with two attached hydrogens (primary N) is 1. The van der Waals surface area contributed by atoms with Crippen molar-refractivity contribution in [2.24, 2.45) is 5.73 Å². The molecular formula is C18H21ClFN5OS.